The molecule has 2 aromatic rings. The smallest absolute Gasteiger partial charge is 0.337 e. The van der Waals surface area contributed by atoms with Gasteiger partial charge in [-0.1, -0.05) is 0 Å². The molecule has 2 aliphatic rings. The monoisotopic (exact) mass is 411 g/mol. The number of hydrogen-bond donors (Lipinski definition) is 2. The number of ether oxygens (including phenoxy) is 3. The number of fused-ring (bicyclic) bond motifs is 1. The van der Waals surface area contributed by atoms with E-state index >= 15 is 0 Å². The van der Waals surface area contributed by atoms with Crippen LogP contribution in [0.5, 0.6) is 11.5 Å². The standard InChI is InChI=1S/C23H26N2O5/c1-28-23(27)16-5-8-18(9-6-16)24-22(26)15-25-11-2-4-19(25)17-7-10-20-21(14-17)30-13-3-12-29-20/h5-10,14,19H,2-4,11-13,15H2,1H3,(H,24,26)/p+1/t19-/m1/s1. The lowest BCUT2D eigenvalue weighted by Gasteiger charge is -2.22. The quantitative estimate of drug-likeness (QED) is 0.736. The van der Waals surface area contributed by atoms with Crippen LogP contribution in [-0.2, 0) is 9.53 Å². The van der Waals surface area contributed by atoms with Gasteiger partial charge in [0, 0.05) is 30.5 Å². The Hall–Kier alpha value is -3.06. The van der Waals surface area contributed by atoms with Crippen LogP contribution in [0.3, 0.4) is 0 Å². The number of esters is 1. The first-order valence-electron chi connectivity index (χ1n) is 10.4. The molecule has 0 spiro atoms. The Kier molecular flexibility index (Phi) is 6.18. The number of anilines is 1. The molecule has 7 heteroatoms. The molecule has 1 amide bonds. The van der Waals surface area contributed by atoms with Crippen molar-refractivity contribution < 1.29 is 28.7 Å². The Morgan fingerprint density at radius 1 is 1.07 bits per heavy atom. The molecule has 2 aliphatic heterocycles. The molecule has 1 fully saturated rings. The molecule has 30 heavy (non-hydrogen) atoms. The van der Waals surface area contributed by atoms with Crippen molar-refractivity contribution in [1.82, 2.24) is 0 Å². The largest absolute Gasteiger partial charge is 0.490 e. The van der Waals surface area contributed by atoms with Gasteiger partial charge in [-0.05, 0) is 42.5 Å². The molecule has 7 nitrogen and oxygen atoms in total. The minimum Gasteiger partial charge on any atom is -0.490 e. The third-order valence-electron chi connectivity index (χ3n) is 5.63. The maximum absolute atomic E-state index is 12.6. The molecular weight excluding hydrogens is 384 g/mol. The van der Waals surface area contributed by atoms with Gasteiger partial charge in [-0.2, -0.15) is 0 Å². The second kappa shape index (κ2) is 9.17. The highest BCUT2D eigenvalue weighted by Crippen LogP contribution is 2.33. The lowest BCUT2D eigenvalue weighted by molar-refractivity contribution is -0.910. The zero-order chi connectivity index (χ0) is 20.9. The molecular formula is C23H27N2O5+. The molecule has 2 aromatic carbocycles. The van der Waals surface area contributed by atoms with E-state index in [4.69, 9.17) is 14.2 Å². The van der Waals surface area contributed by atoms with Crippen LogP contribution in [0.4, 0.5) is 5.69 Å². The van der Waals surface area contributed by atoms with E-state index in [9.17, 15) is 9.59 Å². The van der Waals surface area contributed by atoms with Crippen molar-refractivity contribution in [3.63, 3.8) is 0 Å². The minimum absolute atomic E-state index is 0.0444. The maximum Gasteiger partial charge on any atom is 0.337 e. The SMILES string of the molecule is COC(=O)c1ccc(NC(=O)C[NH+]2CCC[C@@H]2c2ccc3c(c2)OCCCO3)cc1. The van der Waals surface area contributed by atoms with Gasteiger partial charge >= 0.3 is 5.97 Å². The molecule has 158 valence electrons. The molecule has 2 atom stereocenters. The molecule has 2 heterocycles. The van der Waals surface area contributed by atoms with Crippen LogP contribution < -0.4 is 19.7 Å². The number of carbonyl (C=O) groups excluding carboxylic acids is 2. The molecule has 4 rings (SSSR count). The Balaban J connectivity index is 1.40. The average molecular weight is 411 g/mol. The zero-order valence-corrected chi connectivity index (χ0v) is 17.1. The summed E-state index contributed by atoms with van der Waals surface area (Å²) >= 11 is 0. The molecule has 2 N–H and O–H groups in total. The number of nitrogens with one attached hydrogen (secondary N) is 2. The number of rotatable bonds is 5. The van der Waals surface area contributed by atoms with E-state index in [1.165, 1.54) is 17.6 Å². The summed E-state index contributed by atoms with van der Waals surface area (Å²) in [5.74, 6) is 1.15. The van der Waals surface area contributed by atoms with Crippen LogP contribution in [0.2, 0.25) is 0 Å². The summed E-state index contributed by atoms with van der Waals surface area (Å²) in [6.45, 7) is 2.68. The third kappa shape index (κ3) is 4.57. The first-order chi connectivity index (χ1) is 14.6. The zero-order valence-electron chi connectivity index (χ0n) is 17.1. The van der Waals surface area contributed by atoms with E-state index in [2.05, 4.69) is 17.4 Å². The third-order valence-corrected chi connectivity index (χ3v) is 5.63. The van der Waals surface area contributed by atoms with Crippen LogP contribution in [0.25, 0.3) is 0 Å². The number of benzene rings is 2. The first kappa shape index (κ1) is 20.2. The van der Waals surface area contributed by atoms with Gasteiger partial charge in [0.25, 0.3) is 5.91 Å². The highest BCUT2D eigenvalue weighted by atomic mass is 16.5. The van der Waals surface area contributed by atoms with Crippen molar-refractivity contribution >= 4 is 17.6 Å². The molecule has 1 saturated heterocycles. The van der Waals surface area contributed by atoms with Gasteiger partial charge in [-0.15, -0.1) is 0 Å². The summed E-state index contributed by atoms with van der Waals surface area (Å²) in [6.07, 6.45) is 3.00. The van der Waals surface area contributed by atoms with Crippen LogP contribution >= 0.6 is 0 Å². The predicted molar refractivity (Wildman–Crippen MR) is 111 cm³/mol. The van der Waals surface area contributed by atoms with Crippen LogP contribution in [0.1, 0.15) is 41.2 Å². The van der Waals surface area contributed by atoms with Crippen LogP contribution in [0, 0.1) is 0 Å². The average Bonchev–Trinajstić information content (AvgIpc) is 3.08. The first-order valence-corrected chi connectivity index (χ1v) is 10.4. The molecule has 1 unspecified atom stereocenters. The van der Waals surface area contributed by atoms with Crippen molar-refractivity contribution in [3.8, 4) is 11.5 Å². The maximum atomic E-state index is 12.6. The summed E-state index contributed by atoms with van der Waals surface area (Å²) in [5, 5.41) is 2.93. The van der Waals surface area contributed by atoms with Gasteiger partial charge in [0.05, 0.1) is 32.4 Å². The number of amides is 1. The molecule has 0 radical (unpaired) electrons. The van der Waals surface area contributed by atoms with E-state index in [1.807, 2.05) is 6.07 Å². The van der Waals surface area contributed by atoms with Gasteiger partial charge in [-0.3, -0.25) is 4.79 Å². The molecule has 0 saturated carbocycles. The van der Waals surface area contributed by atoms with E-state index in [0.717, 1.165) is 37.3 Å². The molecule has 0 bridgehead atoms. The van der Waals surface area contributed by atoms with Crippen molar-refractivity contribution in [1.29, 1.82) is 0 Å². The summed E-state index contributed by atoms with van der Waals surface area (Å²) in [4.78, 5) is 25.4. The molecule has 0 aliphatic carbocycles. The highest BCUT2D eigenvalue weighted by molar-refractivity contribution is 5.93. The Labute approximate surface area is 175 Å². The normalized spacial score (nSPS) is 20.3. The van der Waals surface area contributed by atoms with Crippen LogP contribution in [-0.4, -0.2) is 45.3 Å². The summed E-state index contributed by atoms with van der Waals surface area (Å²) in [5.41, 5.74) is 2.30. The number of carbonyl (C=O) groups is 2. The van der Waals surface area contributed by atoms with Crippen LogP contribution in [0.15, 0.2) is 42.5 Å². The summed E-state index contributed by atoms with van der Waals surface area (Å²) in [7, 11) is 1.34. The highest BCUT2D eigenvalue weighted by Gasteiger charge is 2.32. The topological polar surface area (TPSA) is 78.3 Å². The second-order valence-corrected chi connectivity index (χ2v) is 7.65. The van der Waals surface area contributed by atoms with Gasteiger partial charge in [0.2, 0.25) is 0 Å². The second-order valence-electron chi connectivity index (χ2n) is 7.65. The fourth-order valence-electron chi connectivity index (χ4n) is 4.14. The van der Waals surface area contributed by atoms with Gasteiger partial charge < -0.3 is 24.4 Å². The Morgan fingerprint density at radius 2 is 1.83 bits per heavy atom. The van der Waals surface area contributed by atoms with Crippen molar-refractivity contribution in [2.24, 2.45) is 0 Å². The summed E-state index contributed by atoms with van der Waals surface area (Å²) < 4.78 is 16.3. The number of likely N-dealkylation sites (tertiary alicyclic amines) is 1. The fraction of sp³-hybridized carbons (Fsp3) is 0.391. The molecule has 0 aromatic heterocycles. The van der Waals surface area contributed by atoms with Crippen molar-refractivity contribution in [2.75, 3.05) is 38.7 Å². The lowest BCUT2D eigenvalue weighted by Crippen LogP contribution is -3.11. The predicted octanol–water partition coefficient (Wildman–Crippen LogP) is 1.99. The Morgan fingerprint density at radius 3 is 2.60 bits per heavy atom. The van der Waals surface area contributed by atoms with E-state index in [0.29, 0.717) is 31.0 Å². The number of hydrogen-bond acceptors (Lipinski definition) is 5. The minimum atomic E-state index is -0.396. The van der Waals surface area contributed by atoms with Gasteiger partial charge in [0.1, 0.15) is 6.04 Å². The summed E-state index contributed by atoms with van der Waals surface area (Å²) in [6, 6.07) is 13.1. The van der Waals surface area contributed by atoms with Gasteiger partial charge in [0.15, 0.2) is 18.0 Å². The van der Waals surface area contributed by atoms with Crippen molar-refractivity contribution in [2.45, 2.75) is 25.3 Å². The van der Waals surface area contributed by atoms with Gasteiger partial charge in [-0.25, -0.2) is 4.79 Å². The fourth-order valence-corrected chi connectivity index (χ4v) is 4.14. The number of methoxy groups -OCH3 is 1. The van der Waals surface area contributed by atoms with E-state index in [-0.39, 0.29) is 11.9 Å². The number of quaternary nitrogens is 1. The Bertz CT molecular complexity index is 912. The van der Waals surface area contributed by atoms with E-state index < -0.39 is 5.97 Å². The van der Waals surface area contributed by atoms with E-state index in [1.54, 1.807) is 24.3 Å². The lowest BCUT2D eigenvalue weighted by atomic mass is 10.0. The van der Waals surface area contributed by atoms with Crippen molar-refractivity contribution in [3.05, 3.63) is 53.6 Å².